The Morgan fingerprint density at radius 1 is 0.821 bits per heavy atom. The van der Waals surface area contributed by atoms with Gasteiger partial charge in [0.25, 0.3) is 11.8 Å². The quantitative estimate of drug-likeness (QED) is 0.643. The van der Waals surface area contributed by atoms with E-state index < -0.39 is 11.8 Å². The van der Waals surface area contributed by atoms with Gasteiger partial charge in [-0.05, 0) is 41.5 Å². The number of carbonyl (C=O) groups is 2. The average Bonchev–Trinajstić information content (AvgIpc) is 2.74. The summed E-state index contributed by atoms with van der Waals surface area (Å²) in [6, 6.07) is 23.7. The summed E-state index contributed by atoms with van der Waals surface area (Å²) < 4.78 is 13.2. The first-order valence-corrected chi connectivity index (χ1v) is 8.77. The van der Waals surface area contributed by atoms with E-state index in [9.17, 15) is 14.0 Å². The Hall–Kier alpha value is -3.73. The first kappa shape index (κ1) is 19.0. The number of benzene rings is 3. The Balaban J connectivity index is 1.80. The molecule has 2 amide bonds. The lowest BCUT2D eigenvalue weighted by molar-refractivity contribution is -0.117. The number of halogens is 1. The van der Waals surface area contributed by atoms with Crippen molar-refractivity contribution in [2.24, 2.45) is 0 Å². The molecule has 3 aromatic rings. The lowest BCUT2D eigenvalue weighted by Crippen LogP contribution is -2.34. The number of hydrogen-bond acceptors (Lipinski definition) is 2. The van der Waals surface area contributed by atoms with E-state index in [1.54, 1.807) is 30.3 Å². The number of nitrogens with one attached hydrogen (secondary N) is 2. The second-order valence-corrected chi connectivity index (χ2v) is 6.10. The van der Waals surface area contributed by atoms with Gasteiger partial charge in [0.2, 0.25) is 0 Å². The zero-order chi connectivity index (χ0) is 19.8. The molecule has 3 aromatic carbocycles. The van der Waals surface area contributed by atoms with Gasteiger partial charge in [-0.2, -0.15) is 0 Å². The summed E-state index contributed by atoms with van der Waals surface area (Å²) in [7, 11) is 0. The van der Waals surface area contributed by atoms with Gasteiger partial charge in [0, 0.05) is 12.1 Å². The van der Waals surface area contributed by atoms with Crippen LogP contribution in [0.2, 0.25) is 0 Å². The molecule has 0 radical (unpaired) electrons. The van der Waals surface area contributed by atoms with Crippen LogP contribution in [0.15, 0.2) is 90.6 Å². The van der Waals surface area contributed by atoms with Gasteiger partial charge in [-0.15, -0.1) is 0 Å². The average molecular weight is 374 g/mol. The van der Waals surface area contributed by atoms with Crippen LogP contribution in [0.5, 0.6) is 0 Å². The Labute approximate surface area is 162 Å². The molecule has 140 valence electrons. The molecule has 0 heterocycles. The van der Waals surface area contributed by atoms with Crippen molar-refractivity contribution in [3.8, 4) is 0 Å². The van der Waals surface area contributed by atoms with Crippen molar-refractivity contribution in [3.63, 3.8) is 0 Å². The highest BCUT2D eigenvalue weighted by atomic mass is 19.1. The van der Waals surface area contributed by atoms with Crippen LogP contribution < -0.4 is 10.6 Å². The topological polar surface area (TPSA) is 58.2 Å². The molecule has 28 heavy (non-hydrogen) atoms. The van der Waals surface area contributed by atoms with Gasteiger partial charge in [-0.3, -0.25) is 9.59 Å². The largest absolute Gasteiger partial charge is 0.347 e. The van der Waals surface area contributed by atoms with Crippen LogP contribution in [-0.2, 0) is 11.3 Å². The highest BCUT2D eigenvalue weighted by molar-refractivity contribution is 6.05. The van der Waals surface area contributed by atoms with Crippen molar-refractivity contribution in [2.45, 2.75) is 6.54 Å². The van der Waals surface area contributed by atoms with Crippen molar-refractivity contribution in [1.29, 1.82) is 0 Å². The maximum Gasteiger partial charge on any atom is 0.268 e. The molecular weight excluding hydrogens is 355 g/mol. The molecule has 0 aliphatic rings. The normalized spacial score (nSPS) is 11.0. The van der Waals surface area contributed by atoms with Crippen molar-refractivity contribution in [3.05, 3.63) is 113 Å². The number of amides is 2. The predicted octanol–water partition coefficient (Wildman–Crippen LogP) is 3.91. The van der Waals surface area contributed by atoms with E-state index in [1.807, 2.05) is 30.3 Å². The van der Waals surface area contributed by atoms with Crippen LogP contribution >= 0.6 is 0 Å². The van der Waals surface area contributed by atoms with Crippen molar-refractivity contribution in [2.75, 3.05) is 0 Å². The van der Waals surface area contributed by atoms with Crippen LogP contribution in [0, 0.1) is 5.82 Å². The summed E-state index contributed by atoms with van der Waals surface area (Å²) in [5, 5.41) is 5.44. The summed E-state index contributed by atoms with van der Waals surface area (Å²) in [6.07, 6.45) is 1.51. The summed E-state index contributed by atoms with van der Waals surface area (Å²) >= 11 is 0. The minimum atomic E-state index is -0.433. The van der Waals surface area contributed by atoms with Crippen LogP contribution in [-0.4, -0.2) is 11.8 Å². The third-order valence-corrected chi connectivity index (χ3v) is 4.01. The van der Waals surface area contributed by atoms with Gasteiger partial charge in [0.05, 0.1) is 0 Å². The molecule has 0 fully saturated rings. The minimum Gasteiger partial charge on any atom is -0.347 e. The van der Waals surface area contributed by atoms with Gasteiger partial charge >= 0.3 is 0 Å². The highest BCUT2D eigenvalue weighted by Gasteiger charge is 2.14. The summed E-state index contributed by atoms with van der Waals surface area (Å²) in [4.78, 5) is 25.2. The first-order chi connectivity index (χ1) is 13.6. The van der Waals surface area contributed by atoms with Crippen molar-refractivity contribution >= 4 is 17.9 Å². The van der Waals surface area contributed by atoms with E-state index in [-0.39, 0.29) is 11.5 Å². The van der Waals surface area contributed by atoms with Gasteiger partial charge in [0.15, 0.2) is 0 Å². The van der Waals surface area contributed by atoms with E-state index >= 15 is 0 Å². The molecular formula is C23H19FN2O2. The lowest BCUT2D eigenvalue weighted by Gasteiger charge is -2.11. The Bertz CT molecular complexity index is 969. The fraction of sp³-hybridized carbons (Fsp3) is 0.0435. The van der Waals surface area contributed by atoms with Crippen LogP contribution in [0.1, 0.15) is 21.5 Å². The molecule has 0 bridgehead atoms. The fourth-order valence-corrected chi connectivity index (χ4v) is 2.54. The second-order valence-electron chi connectivity index (χ2n) is 6.10. The molecule has 0 aliphatic heterocycles. The monoisotopic (exact) mass is 374 g/mol. The molecule has 2 N–H and O–H groups in total. The van der Waals surface area contributed by atoms with Gasteiger partial charge in [0.1, 0.15) is 11.5 Å². The Morgan fingerprint density at radius 3 is 2.07 bits per heavy atom. The second kappa shape index (κ2) is 9.28. The number of rotatable bonds is 6. The molecule has 0 aliphatic carbocycles. The third-order valence-electron chi connectivity index (χ3n) is 4.01. The van der Waals surface area contributed by atoms with Gasteiger partial charge in [-0.1, -0.05) is 60.7 Å². The van der Waals surface area contributed by atoms with E-state index in [1.165, 1.54) is 30.3 Å². The van der Waals surface area contributed by atoms with Gasteiger partial charge in [-0.25, -0.2) is 4.39 Å². The molecule has 0 saturated heterocycles. The smallest absolute Gasteiger partial charge is 0.268 e. The van der Waals surface area contributed by atoms with Crippen LogP contribution in [0.4, 0.5) is 4.39 Å². The lowest BCUT2D eigenvalue weighted by atomic mass is 10.1. The maximum absolute atomic E-state index is 13.2. The van der Waals surface area contributed by atoms with Crippen LogP contribution in [0.25, 0.3) is 6.08 Å². The molecule has 0 atom stereocenters. The zero-order valence-corrected chi connectivity index (χ0v) is 15.1. The molecule has 0 saturated carbocycles. The predicted molar refractivity (Wildman–Crippen MR) is 107 cm³/mol. The first-order valence-electron chi connectivity index (χ1n) is 8.77. The van der Waals surface area contributed by atoms with Crippen LogP contribution in [0.3, 0.4) is 0 Å². The molecule has 3 rings (SSSR count). The SMILES string of the molecule is O=C(NCc1ccccc1)/C(=C/c1ccc(F)cc1)NC(=O)c1ccccc1. The zero-order valence-electron chi connectivity index (χ0n) is 15.1. The Kier molecular flexibility index (Phi) is 6.31. The van der Waals surface area contributed by atoms with E-state index in [2.05, 4.69) is 10.6 Å². The standard InChI is InChI=1S/C23H19FN2O2/c24-20-13-11-17(12-14-20)15-21(26-22(27)19-9-5-2-6-10-19)23(28)25-16-18-7-3-1-4-8-18/h1-15H,16H2,(H,25,28)(H,26,27)/b21-15-. The maximum atomic E-state index is 13.2. The Morgan fingerprint density at radius 2 is 1.43 bits per heavy atom. The minimum absolute atomic E-state index is 0.0800. The third kappa shape index (κ3) is 5.38. The summed E-state index contributed by atoms with van der Waals surface area (Å²) in [5.41, 5.74) is 2.05. The van der Waals surface area contributed by atoms with Gasteiger partial charge < -0.3 is 10.6 Å². The van der Waals surface area contributed by atoms with E-state index in [4.69, 9.17) is 0 Å². The highest BCUT2D eigenvalue weighted by Crippen LogP contribution is 2.09. The summed E-state index contributed by atoms with van der Waals surface area (Å²) in [5.74, 6) is -1.21. The summed E-state index contributed by atoms with van der Waals surface area (Å²) in [6.45, 7) is 0.321. The van der Waals surface area contributed by atoms with E-state index in [0.717, 1.165) is 5.56 Å². The number of carbonyl (C=O) groups excluding carboxylic acids is 2. The molecule has 0 aromatic heterocycles. The van der Waals surface area contributed by atoms with E-state index in [0.29, 0.717) is 17.7 Å². The molecule has 0 unspecified atom stereocenters. The molecule has 0 spiro atoms. The van der Waals surface area contributed by atoms with Crippen molar-refractivity contribution in [1.82, 2.24) is 10.6 Å². The van der Waals surface area contributed by atoms with Crippen molar-refractivity contribution < 1.29 is 14.0 Å². The molecule has 5 heteroatoms. The number of hydrogen-bond donors (Lipinski definition) is 2. The molecule has 4 nitrogen and oxygen atoms in total. The fourth-order valence-electron chi connectivity index (χ4n) is 2.54.